The Hall–Kier alpha value is -2.41. The van der Waals surface area contributed by atoms with Gasteiger partial charge in [0.05, 0.1) is 5.52 Å². The fraction of sp³-hybridized carbons (Fsp3) is 0.565. The molecule has 2 N–H and O–H groups in total. The van der Waals surface area contributed by atoms with Gasteiger partial charge in [0.25, 0.3) is 5.91 Å². The molecular weight excluding hydrogens is 383 g/mol. The summed E-state index contributed by atoms with van der Waals surface area (Å²) in [7, 11) is 0. The SMILES string of the molecule is CC(=O)N1CCN([C@@H]2CCC[C@@H](NC(=O)c3cc4c(F)ccc(C)c4[nH]3)C2)[C@H](C)C1. The number of rotatable bonds is 3. The predicted octanol–water partition coefficient (Wildman–Crippen LogP) is 3.21. The van der Waals surface area contributed by atoms with Gasteiger partial charge >= 0.3 is 0 Å². The molecule has 30 heavy (non-hydrogen) atoms. The van der Waals surface area contributed by atoms with Crippen LogP contribution in [0.2, 0.25) is 0 Å². The van der Waals surface area contributed by atoms with Gasteiger partial charge in [-0.1, -0.05) is 6.07 Å². The largest absolute Gasteiger partial charge is 0.350 e. The third-order valence-corrected chi connectivity index (χ3v) is 6.77. The molecule has 2 aliphatic rings. The first-order valence-corrected chi connectivity index (χ1v) is 10.9. The minimum Gasteiger partial charge on any atom is -0.350 e. The fourth-order valence-corrected chi connectivity index (χ4v) is 5.11. The van der Waals surface area contributed by atoms with E-state index in [9.17, 15) is 14.0 Å². The van der Waals surface area contributed by atoms with E-state index in [1.54, 1.807) is 19.1 Å². The number of nitrogens with zero attached hydrogens (tertiary/aromatic N) is 2. The number of piperazine rings is 1. The average molecular weight is 415 g/mol. The Kier molecular flexibility index (Phi) is 5.82. The van der Waals surface area contributed by atoms with E-state index >= 15 is 0 Å². The molecule has 1 saturated heterocycles. The molecule has 1 aromatic carbocycles. The van der Waals surface area contributed by atoms with Crippen molar-refractivity contribution in [2.45, 2.75) is 64.6 Å². The number of fused-ring (bicyclic) bond motifs is 1. The van der Waals surface area contributed by atoms with Gasteiger partial charge in [0.15, 0.2) is 0 Å². The van der Waals surface area contributed by atoms with Crippen LogP contribution in [0.5, 0.6) is 0 Å². The summed E-state index contributed by atoms with van der Waals surface area (Å²) in [5.41, 5.74) is 2.00. The van der Waals surface area contributed by atoms with E-state index in [4.69, 9.17) is 0 Å². The molecule has 0 spiro atoms. The van der Waals surface area contributed by atoms with Crippen LogP contribution in [0.4, 0.5) is 4.39 Å². The summed E-state index contributed by atoms with van der Waals surface area (Å²) in [5.74, 6) is -0.354. The number of aromatic nitrogens is 1. The smallest absolute Gasteiger partial charge is 0.267 e. The van der Waals surface area contributed by atoms with Crippen molar-refractivity contribution in [3.05, 3.63) is 35.3 Å². The predicted molar refractivity (Wildman–Crippen MR) is 115 cm³/mol. The number of carbonyl (C=O) groups excluding carboxylic acids is 2. The maximum atomic E-state index is 14.1. The number of hydrogen-bond acceptors (Lipinski definition) is 3. The lowest BCUT2D eigenvalue weighted by Gasteiger charge is -2.46. The highest BCUT2D eigenvalue weighted by Gasteiger charge is 2.34. The molecule has 2 aromatic rings. The Morgan fingerprint density at radius 1 is 1.23 bits per heavy atom. The Bertz CT molecular complexity index is 917. The van der Waals surface area contributed by atoms with Crippen molar-refractivity contribution in [3.63, 3.8) is 0 Å². The molecule has 1 aliphatic heterocycles. The summed E-state index contributed by atoms with van der Waals surface area (Å²) in [6.07, 6.45) is 4.05. The maximum Gasteiger partial charge on any atom is 0.267 e. The van der Waals surface area contributed by atoms with Crippen molar-refractivity contribution >= 4 is 22.7 Å². The van der Waals surface area contributed by atoms with Gasteiger partial charge in [0.1, 0.15) is 11.5 Å². The van der Waals surface area contributed by atoms with E-state index in [-0.39, 0.29) is 23.7 Å². The van der Waals surface area contributed by atoms with Gasteiger partial charge in [-0.3, -0.25) is 14.5 Å². The molecule has 0 bridgehead atoms. The van der Waals surface area contributed by atoms with Crippen LogP contribution >= 0.6 is 0 Å². The Morgan fingerprint density at radius 3 is 2.73 bits per heavy atom. The normalized spacial score (nSPS) is 25.5. The third-order valence-electron chi connectivity index (χ3n) is 6.77. The lowest BCUT2D eigenvalue weighted by atomic mass is 9.88. The average Bonchev–Trinajstić information content (AvgIpc) is 3.18. The second-order valence-corrected chi connectivity index (χ2v) is 8.88. The highest BCUT2D eigenvalue weighted by Crippen LogP contribution is 2.27. The summed E-state index contributed by atoms with van der Waals surface area (Å²) in [6.45, 7) is 8.13. The molecule has 2 amide bonds. The van der Waals surface area contributed by atoms with Crippen LogP contribution in [-0.4, -0.2) is 64.4 Å². The second kappa shape index (κ2) is 8.38. The molecule has 1 aliphatic carbocycles. The van der Waals surface area contributed by atoms with Crippen LogP contribution in [0, 0.1) is 12.7 Å². The van der Waals surface area contributed by atoms with Gasteiger partial charge in [-0.15, -0.1) is 0 Å². The van der Waals surface area contributed by atoms with Crippen molar-refractivity contribution in [1.29, 1.82) is 0 Å². The lowest BCUT2D eigenvalue weighted by molar-refractivity contribution is -0.132. The Morgan fingerprint density at radius 2 is 2.03 bits per heavy atom. The van der Waals surface area contributed by atoms with Gasteiger partial charge in [0, 0.05) is 50.1 Å². The number of aromatic amines is 1. The molecule has 2 fully saturated rings. The van der Waals surface area contributed by atoms with Crippen LogP contribution in [0.1, 0.15) is 55.6 Å². The minimum atomic E-state index is -0.317. The topological polar surface area (TPSA) is 68.4 Å². The minimum absolute atomic E-state index is 0.103. The second-order valence-electron chi connectivity index (χ2n) is 8.88. The van der Waals surface area contributed by atoms with Gasteiger partial charge in [-0.25, -0.2) is 4.39 Å². The number of hydrogen-bond donors (Lipinski definition) is 2. The van der Waals surface area contributed by atoms with Gasteiger partial charge < -0.3 is 15.2 Å². The molecule has 1 saturated carbocycles. The van der Waals surface area contributed by atoms with Gasteiger partial charge in [-0.05, 0) is 57.2 Å². The maximum absolute atomic E-state index is 14.1. The van der Waals surface area contributed by atoms with E-state index in [1.807, 2.05) is 11.8 Å². The number of benzene rings is 1. The fourth-order valence-electron chi connectivity index (χ4n) is 5.11. The molecular formula is C23H31FN4O2. The van der Waals surface area contributed by atoms with Crippen molar-refractivity contribution < 1.29 is 14.0 Å². The van der Waals surface area contributed by atoms with Crippen molar-refractivity contribution in [2.75, 3.05) is 19.6 Å². The third kappa shape index (κ3) is 4.08. The number of nitrogens with one attached hydrogen (secondary N) is 2. The molecule has 7 heteroatoms. The van der Waals surface area contributed by atoms with Crippen LogP contribution in [-0.2, 0) is 4.79 Å². The molecule has 2 heterocycles. The standard InChI is InChI=1S/C23H31FN4O2/c1-14-7-8-20(24)19-12-21(26-22(14)19)23(30)25-17-5-4-6-18(11-17)28-10-9-27(16(3)29)13-15(28)2/h7-8,12,15,17-18,26H,4-6,9-11,13H2,1-3H3,(H,25,30)/t15-,17-,18-/m1/s1. The van der Waals surface area contributed by atoms with Crippen molar-refractivity contribution in [2.24, 2.45) is 0 Å². The van der Waals surface area contributed by atoms with E-state index in [2.05, 4.69) is 22.1 Å². The first kappa shape index (κ1) is 20.8. The number of carbonyl (C=O) groups is 2. The zero-order valence-corrected chi connectivity index (χ0v) is 18.0. The number of amides is 2. The molecule has 1 aromatic heterocycles. The molecule has 6 nitrogen and oxygen atoms in total. The zero-order chi connectivity index (χ0) is 21.4. The van der Waals surface area contributed by atoms with Gasteiger partial charge in [0.2, 0.25) is 5.91 Å². The highest BCUT2D eigenvalue weighted by atomic mass is 19.1. The summed E-state index contributed by atoms with van der Waals surface area (Å²) in [5, 5.41) is 3.62. The number of aryl methyl sites for hydroxylation is 1. The van der Waals surface area contributed by atoms with E-state index in [0.717, 1.165) is 50.9 Å². The monoisotopic (exact) mass is 414 g/mol. The van der Waals surface area contributed by atoms with Crippen LogP contribution in [0.3, 0.4) is 0 Å². The molecule has 162 valence electrons. The summed E-state index contributed by atoms with van der Waals surface area (Å²) >= 11 is 0. The summed E-state index contributed by atoms with van der Waals surface area (Å²) < 4.78 is 14.1. The Labute approximate surface area is 176 Å². The molecule has 0 radical (unpaired) electrons. The van der Waals surface area contributed by atoms with E-state index in [1.165, 1.54) is 6.07 Å². The summed E-state index contributed by atoms with van der Waals surface area (Å²) in [4.78, 5) is 32.0. The van der Waals surface area contributed by atoms with Crippen molar-refractivity contribution in [1.82, 2.24) is 20.1 Å². The van der Waals surface area contributed by atoms with Crippen LogP contribution in [0.15, 0.2) is 18.2 Å². The van der Waals surface area contributed by atoms with Crippen molar-refractivity contribution in [3.8, 4) is 0 Å². The molecule has 3 atom stereocenters. The summed E-state index contributed by atoms with van der Waals surface area (Å²) in [6, 6.07) is 5.60. The molecule has 4 rings (SSSR count). The van der Waals surface area contributed by atoms with Gasteiger partial charge in [-0.2, -0.15) is 0 Å². The zero-order valence-electron chi connectivity index (χ0n) is 18.0. The highest BCUT2D eigenvalue weighted by molar-refractivity contribution is 5.99. The first-order chi connectivity index (χ1) is 14.3. The van der Waals surface area contributed by atoms with E-state index < -0.39 is 0 Å². The number of H-pyrrole nitrogens is 1. The van der Waals surface area contributed by atoms with E-state index in [0.29, 0.717) is 28.7 Å². The quantitative estimate of drug-likeness (QED) is 0.810. The first-order valence-electron chi connectivity index (χ1n) is 10.9. The number of halogens is 1. The Balaban J connectivity index is 1.41. The van der Waals surface area contributed by atoms with Crippen LogP contribution in [0.25, 0.3) is 10.9 Å². The lowest BCUT2D eigenvalue weighted by Crippen LogP contribution is -2.58. The molecule has 0 unspecified atom stereocenters. The van der Waals surface area contributed by atoms with Crippen LogP contribution < -0.4 is 5.32 Å².